The summed E-state index contributed by atoms with van der Waals surface area (Å²) in [6.07, 6.45) is 1.91. The molecule has 0 radical (unpaired) electrons. The third kappa shape index (κ3) is 4.96. The summed E-state index contributed by atoms with van der Waals surface area (Å²) in [6, 6.07) is 16.1. The Hall–Kier alpha value is -1.83. The third-order valence-corrected chi connectivity index (χ3v) is 6.38. The van der Waals surface area contributed by atoms with Gasteiger partial charge in [-0.3, -0.25) is 9.69 Å². The number of carbonyl (C=O) groups is 1. The van der Waals surface area contributed by atoms with Crippen LogP contribution in [0.15, 0.2) is 57.9 Å². The highest BCUT2D eigenvalue weighted by Gasteiger charge is 2.31. The van der Waals surface area contributed by atoms with Gasteiger partial charge in [-0.1, -0.05) is 52.0 Å². The normalized spacial score (nSPS) is 15.4. The Bertz CT molecular complexity index is 878. The van der Waals surface area contributed by atoms with E-state index >= 15 is 0 Å². The van der Waals surface area contributed by atoms with Gasteiger partial charge in [-0.15, -0.1) is 0 Å². The van der Waals surface area contributed by atoms with E-state index in [1.807, 2.05) is 42.5 Å². The van der Waals surface area contributed by atoms with Crippen LogP contribution in [0.1, 0.15) is 19.4 Å². The molecule has 1 saturated heterocycles. The van der Waals surface area contributed by atoms with Crippen LogP contribution in [0.4, 0.5) is 11.4 Å². The number of carbonyl (C=O) groups excluding carboxylic acids is 1. The summed E-state index contributed by atoms with van der Waals surface area (Å²) in [4.78, 5) is 17.3. The molecule has 0 aliphatic carbocycles. The maximum absolute atomic E-state index is 12.8. The van der Waals surface area contributed by atoms with Crippen molar-refractivity contribution in [2.24, 2.45) is 0 Å². The molecule has 1 aliphatic rings. The highest BCUT2D eigenvalue weighted by atomic mass is 79.9. The Kier molecular flexibility index (Phi) is 7.15. The van der Waals surface area contributed by atoms with Gasteiger partial charge in [-0.2, -0.15) is 0 Å². The SMILES string of the molecule is CCN(CC)c1ccc(/C=C2/SC(=S)N(CNc3ccc(Br)cc3)C2=O)cc1. The van der Waals surface area contributed by atoms with Gasteiger partial charge in [0.25, 0.3) is 5.91 Å². The molecule has 0 aromatic heterocycles. The predicted molar refractivity (Wildman–Crippen MR) is 128 cm³/mol. The van der Waals surface area contributed by atoms with E-state index in [0.717, 1.165) is 28.8 Å². The highest BCUT2D eigenvalue weighted by molar-refractivity contribution is 9.10. The first-order chi connectivity index (χ1) is 13.5. The first-order valence-corrected chi connectivity index (χ1v) is 11.1. The number of benzene rings is 2. The first-order valence-electron chi connectivity index (χ1n) is 9.11. The quantitative estimate of drug-likeness (QED) is 0.418. The molecule has 1 aliphatic heterocycles. The van der Waals surface area contributed by atoms with Crippen molar-refractivity contribution in [2.75, 3.05) is 30.0 Å². The van der Waals surface area contributed by atoms with E-state index in [9.17, 15) is 4.79 Å². The zero-order valence-corrected chi connectivity index (χ0v) is 19.0. The number of halogens is 1. The van der Waals surface area contributed by atoms with Crippen molar-refractivity contribution >= 4 is 67.6 Å². The summed E-state index contributed by atoms with van der Waals surface area (Å²) in [5.41, 5.74) is 3.12. The summed E-state index contributed by atoms with van der Waals surface area (Å²) in [6.45, 7) is 6.58. The van der Waals surface area contributed by atoms with Crippen molar-refractivity contribution in [3.05, 3.63) is 63.5 Å². The van der Waals surface area contributed by atoms with Crippen molar-refractivity contribution in [1.29, 1.82) is 0 Å². The van der Waals surface area contributed by atoms with Gasteiger partial charge >= 0.3 is 0 Å². The summed E-state index contributed by atoms with van der Waals surface area (Å²) in [5.74, 6) is -0.0626. The number of rotatable bonds is 7. The number of hydrogen-bond acceptors (Lipinski definition) is 5. The number of thioether (sulfide) groups is 1. The third-order valence-electron chi connectivity index (χ3n) is 4.48. The lowest BCUT2D eigenvalue weighted by Crippen LogP contribution is -2.33. The smallest absolute Gasteiger partial charge is 0.267 e. The molecule has 0 spiro atoms. The number of amides is 1. The minimum Gasteiger partial charge on any atom is -0.372 e. The Balaban J connectivity index is 1.67. The summed E-state index contributed by atoms with van der Waals surface area (Å²) >= 11 is 10.2. The molecule has 0 atom stereocenters. The highest BCUT2D eigenvalue weighted by Crippen LogP contribution is 2.32. The molecular formula is C21H22BrN3OS2. The van der Waals surface area contributed by atoms with Crippen molar-refractivity contribution in [3.63, 3.8) is 0 Å². The molecule has 7 heteroatoms. The largest absolute Gasteiger partial charge is 0.372 e. The number of nitrogens with one attached hydrogen (secondary N) is 1. The zero-order valence-electron chi connectivity index (χ0n) is 15.8. The molecule has 0 unspecified atom stereocenters. The molecule has 1 N–H and O–H groups in total. The van der Waals surface area contributed by atoms with Crippen LogP contribution < -0.4 is 10.2 Å². The molecule has 146 valence electrons. The molecule has 1 amide bonds. The van der Waals surface area contributed by atoms with E-state index in [1.54, 1.807) is 4.90 Å². The Morgan fingerprint density at radius 1 is 1.11 bits per heavy atom. The second kappa shape index (κ2) is 9.58. The maximum Gasteiger partial charge on any atom is 0.267 e. The fraction of sp³-hybridized carbons (Fsp3) is 0.238. The van der Waals surface area contributed by atoms with E-state index in [-0.39, 0.29) is 5.91 Å². The van der Waals surface area contributed by atoms with Gasteiger partial charge < -0.3 is 10.2 Å². The van der Waals surface area contributed by atoms with Gasteiger partial charge in [0.05, 0.1) is 11.6 Å². The number of hydrogen-bond donors (Lipinski definition) is 1. The zero-order chi connectivity index (χ0) is 20.1. The Morgan fingerprint density at radius 2 is 1.75 bits per heavy atom. The molecule has 3 rings (SSSR count). The Morgan fingerprint density at radius 3 is 2.36 bits per heavy atom. The predicted octanol–water partition coefficient (Wildman–Crippen LogP) is 5.57. The molecule has 2 aromatic carbocycles. The van der Waals surface area contributed by atoms with E-state index < -0.39 is 0 Å². The van der Waals surface area contributed by atoms with Gasteiger partial charge in [0.1, 0.15) is 4.32 Å². The van der Waals surface area contributed by atoms with Gasteiger partial charge in [0.15, 0.2) is 0 Å². The van der Waals surface area contributed by atoms with Crippen LogP contribution in [0.25, 0.3) is 6.08 Å². The molecule has 1 fully saturated rings. The van der Waals surface area contributed by atoms with E-state index in [0.29, 0.717) is 15.9 Å². The lowest BCUT2D eigenvalue weighted by molar-refractivity contribution is -0.121. The number of anilines is 2. The average molecular weight is 476 g/mol. The minimum absolute atomic E-state index is 0.0626. The molecule has 0 bridgehead atoms. The summed E-state index contributed by atoms with van der Waals surface area (Å²) < 4.78 is 1.58. The van der Waals surface area contributed by atoms with Crippen molar-refractivity contribution in [3.8, 4) is 0 Å². The summed E-state index contributed by atoms with van der Waals surface area (Å²) in [5, 5.41) is 3.24. The van der Waals surface area contributed by atoms with Crippen LogP contribution in [0, 0.1) is 0 Å². The maximum atomic E-state index is 12.8. The van der Waals surface area contributed by atoms with E-state index in [2.05, 4.69) is 52.1 Å². The lowest BCUT2D eigenvalue weighted by atomic mass is 10.1. The fourth-order valence-corrected chi connectivity index (χ4v) is 4.42. The van der Waals surface area contributed by atoms with Crippen molar-refractivity contribution < 1.29 is 4.79 Å². The van der Waals surface area contributed by atoms with Gasteiger partial charge in [-0.25, -0.2) is 0 Å². The molecular weight excluding hydrogens is 454 g/mol. The van der Waals surface area contributed by atoms with Gasteiger partial charge in [0, 0.05) is 28.9 Å². The van der Waals surface area contributed by atoms with E-state index in [1.165, 1.54) is 17.4 Å². The van der Waals surface area contributed by atoms with Crippen LogP contribution in [0.5, 0.6) is 0 Å². The van der Waals surface area contributed by atoms with Gasteiger partial charge in [-0.05, 0) is 61.9 Å². The van der Waals surface area contributed by atoms with Crippen LogP contribution in [-0.4, -0.2) is 34.9 Å². The molecule has 28 heavy (non-hydrogen) atoms. The lowest BCUT2D eigenvalue weighted by Gasteiger charge is -2.20. The number of thiocarbonyl (C=S) groups is 1. The molecule has 2 aromatic rings. The second-order valence-corrected chi connectivity index (χ2v) is 8.81. The molecule has 4 nitrogen and oxygen atoms in total. The molecule has 0 saturated carbocycles. The first kappa shape index (κ1) is 20.9. The standard InChI is InChI=1S/C21H22BrN3OS2/c1-3-24(4-2)18-11-5-15(6-12-18)13-19-20(26)25(21(27)28-19)14-23-17-9-7-16(22)8-10-17/h5-13,23H,3-4,14H2,1-2H3/b19-13+. The number of nitrogens with zero attached hydrogens (tertiary/aromatic N) is 2. The van der Waals surface area contributed by atoms with Crippen molar-refractivity contribution in [1.82, 2.24) is 4.90 Å². The van der Waals surface area contributed by atoms with Crippen molar-refractivity contribution in [2.45, 2.75) is 13.8 Å². The van der Waals surface area contributed by atoms with Crippen LogP contribution in [0.2, 0.25) is 0 Å². The second-order valence-electron chi connectivity index (χ2n) is 6.22. The monoisotopic (exact) mass is 475 g/mol. The van der Waals surface area contributed by atoms with Crippen LogP contribution in [-0.2, 0) is 4.79 Å². The summed E-state index contributed by atoms with van der Waals surface area (Å²) in [7, 11) is 0. The molecule has 1 heterocycles. The van der Waals surface area contributed by atoms with Gasteiger partial charge in [0.2, 0.25) is 0 Å². The minimum atomic E-state index is -0.0626. The van der Waals surface area contributed by atoms with E-state index in [4.69, 9.17) is 12.2 Å². The van der Waals surface area contributed by atoms with Crippen LogP contribution in [0.3, 0.4) is 0 Å². The average Bonchev–Trinajstić information content (AvgIpc) is 2.96. The van der Waals surface area contributed by atoms with Crippen LogP contribution >= 0.6 is 39.9 Å². The topological polar surface area (TPSA) is 35.6 Å². The fourth-order valence-electron chi connectivity index (χ4n) is 2.90. The Labute approximate surface area is 184 Å².